The van der Waals surface area contributed by atoms with E-state index in [2.05, 4.69) is 197 Å². The maximum absolute atomic E-state index is 8.78. The van der Waals surface area contributed by atoms with Crippen molar-refractivity contribution in [2.45, 2.75) is 153 Å². The van der Waals surface area contributed by atoms with Crippen LogP contribution in [0.5, 0.6) is 0 Å². The van der Waals surface area contributed by atoms with Crippen molar-refractivity contribution in [2.24, 2.45) is 0 Å². The van der Waals surface area contributed by atoms with Gasteiger partial charge in [-0.1, -0.05) is 0 Å². The first kappa shape index (κ1) is 43.6. The summed E-state index contributed by atoms with van der Waals surface area (Å²) in [6, 6.07) is 24.3. The molecule has 6 rings (SSSR count). The molecule has 4 aromatic rings. The predicted octanol–water partition coefficient (Wildman–Crippen LogP) is 16.4. The fourth-order valence-electron chi connectivity index (χ4n) is 9.64. The summed E-state index contributed by atoms with van der Waals surface area (Å²) >= 11 is -4.92. The van der Waals surface area contributed by atoms with Crippen molar-refractivity contribution in [1.29, 1.82) is 0 Å². The predicted molar refractivity (Wildman–Crippen MR) is 251 cm³/mol. The molecule has 0 saturated carbocycles. The van der Waals surface area contributed by atoms with Crippen LogP contribution < -0.4 is 0 Å². The van der Waals surface area contributed by atoms with Gasteiger partial charge in [-0.05, 0) is 0 Å². The summed E-state index contributed by atoms with van der Waals surface area (Å²) in [5.74, 6) is -1.69. The molecule has 0 fully saturated rings. The van der Waals surface area contributed by atoms with Gasteiger partial charge in [0.25, 0.3) is 0 Å². The number of rotatable bonds is 5. The van der Waals surface area contributed by atoms with Crippen LogP contribution in [0.2, 0.25) is 13.1 Å². The molecule has 0 aromatic heterocycles. The molecule has 0 N–H and O–H groups in total. The molecule has 0 radical (unpaired) electrons. The van der Waals surface area contributed by atoms with Gasteiger partial charge in [-0.25, -0.2) is 0 Å². The van der Waals surface area contributed by atoms with Crippen molar-refractivity contribution in [3.8, 4) is 22.3 Å². The number of benzene rings is 4. The fraction of sp³-hybridized carbons (Fsp3) is 0.462. The minimum absolute atomic E-state index is 0.0293. The van der Waals surface area contributed by atoms with E-state index < -0.39 is 21.5 Å². The molecule has 2 aliphatic rings. The Morgan fingerprint density at radius 1 is 0.446 bits per heavy atom. The van der Waals surface area contributed by atoms with Crippen molar-refractivity contribution < 1.29 is 15.6 Å². The molecule has 0 saturated heterocycles. The van der Waals surface area contributed by atoms with E-state index >= 15 is 0 Å². The molecule has 56 heavy (non-hydrogen) atoms. The number of allylic oxidation sites excluding steroid dienone is 2. The number of hydrogen-bond donors (Lipinski definition) is 0. The van der Waals surface area contributed by atoms with E-state index in [1.165, 1.54) is 89.0 Å². The van der Waals surface area contributed by atoms with Crippen LogP contribution in [0.3, 0.4) is 0 Å². The Morgan fingerprint density at radius 3 is 0.982 bits per heavy atom. The number of hydrogen-bond acceptors (Lipinski definition) is 0. The average molecular weight is 884 g/mol. The van der Waals surface area contributed by atoms with Crippen LogP contribution in [0, 0.1) is 13.8 Å². The van der Waals surface area contributed by atoms with Gasteiger partial charge in [0.05, 0.1) is 0 Å². The SMILES string of the molecule is CC1=Cc2c(-c3cc(C(C)(C)C)cc(C(C)(C)C)c3)cc(C)cc2[CH]1[Zr]([Cl])([Cl])([CH]1C(C)=Cc2c(-c3cc(C(C)(C)C)cc(C(C)(C)C)c3)cc(C)cc21)[SiH](C)C. The van der Waals surface area contributed by atoms with Gasteiger partial charge >= 0.3 is 353 Å². The Labute approximate surface area is 350 Å². The van der Waals surface area contributed by atoms with E-state index in [-0.39, 0.29) is 28.9 Å². The van der Waals surface area contributed by atoms with Gasteiger partial charge in [-0.15, -0.1) is 0 Å². The van der Waals surface area contributed by atoms with Gasteiger partial charge in [0.2, 0.25) is 0 Å². The van der Waals surface area contributed by atoms with Crippen molar-refractivity contribution in [3.63, 3.8) is 0 Å². The summed E-state index contributed by atoms with van der Waals surface area (Å²) in [7, 11) is 17.6. The van der Waals surface area contributed by atoms with Gasteiger partial charge < -0.3 is 0 Å². The second-order valence-corrected chi connectivity index (χ2v) is 64.8. The van der Waals surface area contributed by atoms with E-state index in [1.807, 2.05) is 0 Å². The van der Waals surface area contributed by atoms with E-state index in [0.29, 0.717) is 0 Å². The monoisotopic (exact) mass is 881 g/mol. The molecular formula is C52H69Cl2SiZr. The van der Waals surface area contributed by atoms with E-state index in [0.717, 1.165) is 0 Å². The van der Waals surface area contributed by atoms with E-state index in [4.69, 9.17) is 17.0 Å². The molecule has 2 unspecified atom stereocenters. The zero-order chi connectivity index (χ0) is 41.9. The van der Waals surface area contributed by atoms with Crippen LogP contribution in [0.15, 0.2) is 71.8 Å². The summed E-state index contributed by atoms with van der Waals surface area (Å²) in [6.07, 6.45) is 4.93. The third-order valence-corrected chi connectivity index (χ3v) is 65.4. The quantitative estimate of drug-likeness (QED) is 0.175. The maximum atomic E-state index is 8.78. The Bertz CT molecular complexity index is 2090. The Kier molecular flexibility index (Phi) is 11.0. The Hall–Kier alpha value is -1.96. The van der Waals surface area contributed by atoms with Crippen molar-refractivity contribution in [3.05, 3.63) is 127 Å². The van der Waals surface area contributed by atoms with Crippen LogP contribution in [0.25, 0.3) is 34.4 Å². The van der Waals surface area contributed by atoms with E-state index in [9.17, 15) is 0 Å². The Morgan fingerprint density at radius 2 is 0.732 bits per heavy atom. The Balaban J connectivity index is 1.59. The zero-order valence-electron chi connectivity index (χ0n) is 37.9. The second kappa shape index (κ2) is 14.1. The number of aryl methyl sites for hydroxylation is 2. The normalized spacial score (nSPS) is 18.4. The van der Waals surface area contributed by atoms with Gasteiger partial charge in [-0.3, -0.25) is 0 Å². The summed E-state index contributed by atoms with van der Waals surface area (Å²) < 4.78 is 0.0981. The third-order valence-electron chi connectivity index (χ3n) is 13.1. The minimum atomic E-state index is -4.92. The zero-order valence-corrected chi connectivity index (χ0v) is 43.0. The van der Waals surface area contributed by atoms with Crippen LogP contribution in [0.4, 0.5) is 0 Å². The fourth-order valence-corrected chi connectivity index (χ4v) is 42.5. The molecule has 4 aromatic carbocycles. The summed E-state index contributed by atoms with van der Waals surface area (Å²) in [6.45, 7) is 42.0. The topological polar surface area (TPSA) is 0 Å². The second-order valence-electron chi connectivity index (χ2n) is 22.3. The van der Waals surface area contributed by atoms with Crippen LogP contribution in [0.1, 0.15) is 160 Å². The molecule has 0 spiro atoms. The molecule has 0 nitrogen and oxygen atoms in total. The first-order valence-corrected chi connectivity index (χ1v) is 37.3. The first-order valence-electron chi connectivity index (χ1n) is 21.0. The van der Waals surface area contributed by atoms with Crippen molar-refractivity contribution in [1.82, 2.24) is 0 Å². The molecule has 4 heteroatoms. The molecule has 2 atom stereocenters. The molecule has 0 bridgehead atoms. The average Bonchev–Trinajstić information content (AvgIpc) is 3.58. The summed E-state index contributed by atoms with van der Waals surface area (Å²) in [4.78, 5) is 0. The molecule has 299 valence electrons. The van der Waals surface area contributed by atoms with Crippen molar-refractivity contribution in [2.75, 3.05) is 0 Å². The van der Waals surface area contributed by atoms with Crippen LogP contribution in [-0.4, -0.2) is 5.92 Å². The van der Waals surface area contributed by atoms with Gasteiger partial charge in [0, 0.05) is 0 Å². The van der Waals surface area contributed by atoms with Crippen LogP contribution >= 0.6 is 17.0 Å². The molecule has 2 aliphatic carbocycles. The summed E-state index contributed by atoms with van der Waals surface area (Å²) in [5.41, 5.74) is 21.4. The first-order chi connectivity index (χ1) is 25.4. The van der Waals surface area contributed by atoms with Crippen molar-refractivity contribution >= 4 is 35.1 Å². The van der Waals surface area contributed by atoms with Gasteiger partial charge in [-0.2, -0.15) is 0 Å². The van der Waals surface area contributed by atoms with Gasteiger partial charge in [0.1, 0.15) is 0 Å². The molecule has 0 aliphatic heterocycles. The summed E-state index contributed by atoms with van der Waals surface area (Å²) in [5, 5.41) is 0. The molecular weight excluding hydrogens is 815 g/mol. The molecule has 0 heterocycles. The standard InChI is InChI=1S/2C25H31.C2H7Si.2ClH.Zr/c2*1-16-9-18-10-17(2)12-23(22(18)11-16)19-13-20(24(3,4)5)15-21(14-19)25(6,7)8;1-3-2;;;/h2*9-15H,1-8H3;3H,1-2H3;2*1H;/q;;;;;+2/p-2. The molecule has 0 amide bonds. The van der Waals surface area contributed by atoms with Crippen LogP contribution in [-0.2, 0) is 37.2 Å². The number of fused-ring (bicyclic) bond motifs is 2. The van der Waals surface area contributed by atoms with E-state index in [1.54, 1.807) is 0 Å². The van der Waals surface area contributed by atoms with Gasteiger partial charge in [0.15, 0.2) is 0 Å². The third kappa shape index (κ3) is 7.55. The number of halogens is 2.